The molecule has 0 radical (unpaired) electrons. The van der Waals surface area contributed by atoms with Gasteiger partial charge >= 0.3 is 5.97 Å². The van der Waals surface area contributed by atoms with Crippen LogP contribution in [0.3, 0.4) is 0 Å². The molecule has 0 spiro atoms. The molecule has 1 N–H and O–H groups in total. The van der Waals surface area contributed by atoms with E-state index in [-0.39, 0.29) is 5.97 Å². The van der Waals surface area contributed by atoms with Crippen molar-refractivity contribution in [2.45, 2.75) is 33.6 Å². The molecule has 1 aliphatic rings. The lowest BCUT2D eigenvalue weighted by Gasteiger charge is -2.19. The largest absolute Gasteiger partial charge is 0.466 e. The second-order valence-electron chi connectivity index (χ2n) is 5.03. The van der Waals surface area contributed by atoms with Gasteiger partial charge in [-0.25, -0.2) is 4.79 Å². The van der Waals surface area contributed by atoms with Crippen LogP contribution in [-0.4, -0.2) is 26.2 Å². The molecular weight excluding hydrogens is 202 g/mol. The van der Waals surface area contributed by atoms with Crippen LogP contribution in [-0.2, 0) is 9.53 Å². The van der Waals surface area contributed by atoms with Gasteiger partial charge in [-0.2, -0.15) is 0 Å². The van der Waals surface area contributed by atoms with Crippen molar-refractivity contribution in [3.8, 4) is 0 Å². The highest BCUT2D eigenvalue weighted by atomic mass is 16.5. The van der Waals surface area contributed by atoms with Crippen LogP contribution in [0.4, 0.5) is 0 Å². The molecule has 3 heteroatoms. The molecule has 0 atom stereocenters. The molecule has 0 aromatic carbocycles. The summed E-state index contributed by atoms with van der Waals surface area (Å²) in [6.45, 7) is 8.14. The van der Waals surface area contributed by atoms with Crippen molar-refractivity contribution in [3.63, 3.8) is 0 Å². The van der Waals surface area contributed by atoms with Crippen molar-refractivity contribution < 1.29 is 9.53 Å². The molecule has 1 saturated carbocycles. The smallest absolute Gasteiger partial charge is 0.333 e. The lowest BCUT2D eigenvalue weighted by Crippen LogP contribution is -2.28. The summed E-state index contributed by atoms with van der Waals surface area (Å²) in [7, 11) is 1.41. The molecule has 0 bridgehead atoms. The summed E-state index contributed by atoms with van der Waals surface area (Å²) < 4.78 is 4.63. The number of ether oxygens (including phenoxy) is 1. The summed E-state index contributed by atoms with van der Waals surface area (Å²) in [6.07, 6.45) is 4.55. The van der Waals surface area contributed by atoms with E-state index in [0.717, 1.165) is 19.0 Å². The third-order valence-corrected chi connectivity index (χ3v) is 3.65. The highest BCUT2D eigenvalue weighted by molar-refractivity contribution is 5.87. The first-order chi connectivity index (χ1) is 7.52. The molecule has 16 heavy (non-hydrogen) atoms. The Balaban J connectivity index is 2.24. The molecule has 0 unspecified atom stereocenters. The van der Waals surface area contributed by atoms with E-state index in [0.29, 0.717) is 11.0 Å². The summed E-state index contributed by atoms with van der Waals surface area (Å²) in [5, 5.41) is 3.40. The summed E-state index contributed by atoms with van der Waals surface area (Å²) >= 11 is 0. The number of carbonyl (C=O) groups excluding carboxylic acids is 1. The monoisotopic (exact) mass is 225 g/mol. The van der Waals surface area contributed by atoms with E-state index < -0.39 is 0 Å². The van der Waals surface area contributed by atoms with Gasteiger partial charge in [-0.3, -0.25) is 0 Å². The molecule has 0 aromatic rings. The van der Waals surface area contributed by atoms with Crippen LogP contribution < -0.4 is 5.32 Å². The highest BCUT2D eigenvalue weighted by Crippen LogP contribution is 2.51. The van der Waals surface area contributed by atoms with Crippen LogP contribution in [0.15, 0.2) is 11.6 Å². The molecule has 1 aliphatic carbocycles. The minimum absolute atomic E-state index is 0.244. The molecule has 0 saturated heterocycles. The zero-order chi connectivity index (χ0) is 12.2. The van der Waals surface area contributed by atoms with E-state index in [4.69, 9.17) is 0 Å². The molecule has 0 aromatic heterocycles. The lowest BCUT2D eigenvalue weighted by atomic mass is 9.92. The van der Waals surface area contributed by atoms with Crippen LogP contribution >= 0.6 is 0 Å². The molecule has 1 fully saturated rings. The summed E-state index contributed by atoms with van der Waals surface area (Å²) in [5.41, 5.74) is 1.19. The van der Waals surface area contributed by atoms with Crippen molar-refractivity contribution in [1.29, 1.82) is 0 Å². The number of rotatable bonds is 6. The zero-order valence-electron chi connectivity index (χ0n) is 10.8. The van der Waals surface area contributed by atoms with Crippen molar-refractivity contribution in [2.24, 2.45) is 11.3 Å². The van der Waals surface area contributed by atoms with E-state index in [1.807, 2.05) is 6.08 Å². The standard InChI is InChI=1S/C13H23NO2/c1-10(2)13(6-7-13)9-14-8-5-11(3)12(15)16-4/h5,10,14H,6-9H2,1-4H3. The van der Waals surface area contributed by atoms with E-state index in [1.54, 1.807) is 6.92 Å². The van der Waals surface area contributed by atoms with E-state index >= 15 is 0 Å². The quantitative estimate of drug-likeness (QED) is 0.427. The van der Waals surface area contributed by atoms with Crippen molar-refractivity contribution in [1.82, 2.24) is 5.32 Å². The first-order valence-electron chi connectivity index (χ1n) is 5.97. The summed E-state index contributed by atoms with van der Waals surface area (Å²) in [4.78, 5) is 11.1. The van der Waals surface area contributed by atoms with Gasteiger partial charge in [-0.15, -0.1) is 0 Å². The Kier molecular flexibility index (Phi) is 4.54. The van der Waals surface area contributed by atoms with Crippen molar-refractivity contribution in [3.05, 3.63) is 11.6 Å². The molecule has 1 rings (SSSR count). The normalized spacial score (nSPS) is 18.7. The molecule has 0 aliphatic heterocycles. The first kappa shape index (κ1) is 13.2. The molecule has 92 valence electrons. The fraction of sp³-hybridized carbons (Fsp3) is 0.769. The van der Waals surface area contributed by atoms with E-state index in [2.05, 4.69) is 23.9 Å². The third kappa shape index (κ3) is 3.34. The van der Waals surface area contributed by atoms with E-state index in [1.165, 1.54) is 20.0 Å². The average molecular weight is 225 g/mol. The molecule has 3 nitrogen and oxygen atoms in total. The molecule has 0 amide bonds. The van der Waals surface area contributed by atoms with Gasteiger partial charge in [0.05, 0.1) is 7.11 Å². The molecular formula is C13H23NO2. The fourth-order valence-electron chi connectivity index (χ4n) is 1.91. The van der Waals surface area contributed by atoms with Gasteiger partial charge in [0.15, 0.2) is 0 Å². The maximum atomic E-state index is 11.1. The fourth-order valence-corrected chi connectivity index (χ4v) is 1.91. The topological polar surface area (TPSA) is 38.3 Å². The van der Waals surface area contributed by atoms with Crippen LogP contribution in [0.2, 0.25) is 0 Å². The molecule has 0 heterocycles. The predicted octanol–water partition coefficient (Wildman–Crippen LogP) is 2.13. The van der Waals surface area contributed by atoms with Gasteiger partial charge in [-0.05, 0) is 31.1 Å². The Labute approximate surface area is 98.2 Å². The van der Waals surface area contributed by atoms with Gasteiger partial charge in [0.2, 0.25) is 0 Å². The lowest BCUT2D eigenvalue weighted by molar-refractivity contribution is -0.136. The van der Waals surface area contributed by atoms with Gasteiger partial charge < -0.3 is 10.1 Å². The third-order valence-electron chi connectivity index (χ3n) is 3.65. The first-order valence-corrected chi connectivity index (χ1v) is 5.97. The number of nitrogens with one attached hydrogen (secondary N) is 1. The maximum absolute atomic E-state index is 11.1. The van der Waals surface area contributed by atoms with Crippen LogP contribution in [0, 0.1) is 11.3 Å². The Morgan fingerprint density at radius 1 is 1.50 bits per heavy atom. The summed E-state index contributed by atoms with van der Waals surface area (Å²) in [6, 6.07) is 0. The Morgan fingerprint density at radius 2 is 2.12 bits per heavy atom. The van der Waals surface area contributed by atoms with Crippen molar-refractivity contribution in [2.75, 3.05) is 20.2 Å². The Bertz CT molecular complexity index is 278. The number of carbonyl (C=O) groups is 1. The second-order valence-corrected chi connectivity index (χ2v) is 5.03. The van der Waals surface area contributed by atoms with E-state index in [9.17, 15) is 4.79 Å². The van der Waals surface area contributed by atoms with Crippen LogP contribution in [0.25, 0.3) is 0 Å². The zero-order valence-corrected chi connectivity index (χ0v) is 10.8. The number of methoxy groups -OCH3 is 1. The van der Waals surface area contributed by atoms with Crippen LogP contribution in [0.1, 0.15) is 33.6 Å². The number of hydrogen-bond donors (Lipinski definition) is 1. The van der Waals surface area contributed by atoms with Gasteiger partial charge in [0, 0.05) is 18.7 Å². The predicted molar refractivity (Wildman–Crippen MR) is 65.1 cm³/mol. The minimum atomic E-state index is -0.244. The Hall–Kier alpha value is -0.830. The van der Waals surface area contributed by atoms with Gasteiger partial charge in [0.25, 0.3) is 0 Å². The number of hydrogen-bond acceptors (Lipinski definition) is 3. The van der Waals surface area contributed by atoms with Gasteiger partial charge in [0.1, 0.15) is 0 Å². The number of esters is 1. The second kappa shape index (κ2) is 5.48. The summed E-state index contributed by atoms with van der Waals surface area (Å²) in [5.74, 6) is 0.498. The van der Waals surface area contributed by atoms with Gasteiger partial charge in [-0.1, -0.05) is 19.9 Å². The maximum Gasteiger partial charge on any atom is 0.333 e. The average Bonchev–Trinajstić information content (AvgIpc) is 3.04. The van der Waals surface area contributed by atoms with Crippen molar-refractivity contribution >= 4 is 5.97 Å². The minimum Gasteiger partial charge on any atom is -0.466 e. The Morgan fingerprint density at radius 3 is 2.56 bits per heavy atom. The highest BCUT2D eigenvalue weighted by Gasteiger charge is 2.44. The SMILES string of the molecule is COC(=O)C(C)=CCNCC1(C(C)C)CC1. The van der Waals surface area contributed by atoms with Crippen LogP contribution in [0.5, 0.6) is 0 Å².